The highest BCUT2D eigenvalue weighted by atomic mass is 35.5. The number of ether oxygens (including phenoxy) is 1. The number of aryl methyl sites for hydroxylation is 1. The van der Waals surface area contributed by atoms with Gasteiger partial charge in [0.1, 0.15) is 23.9 Å². The van der Waals surface area contributed by atoms with Gasteiger partial charge in [0.25, 0.3) is 5.91 Å². The molecule has 12 heteroatoms. The topological polar surface area (TPSA) is 105 Å². The molecule has 0 aliphatic rings. The maximum Gasteiger partial charge on any atom is 0.405 e. The standard InChI is InChI=1S/C23H24ClF3N4O4/c1-13-19(21(32)28-12-23(2,7-4-8-25)30-22(33)34)31-10-14(24)9-18(20(31)29-13)35-11-15-16(26)5-3-6-17(15)27/h3,5-6,9-10,30H,4,7-8,11-12H2,1-2H3,(H,28,32)(H,33,34). The molecule has 0 fully saturated rings. The number of alkyl halides is 1. The summed E-state index contributed by atoms with van der Waals surface area (Å²) in [6.45, 7) is 1.96. The van der Waals surface area contributed by atoms with E-state index in [1.54, 1.807) is 13.8 Å². The second-order valence-electron chi connectivity index (χ2n) is 8.22. The van der Waals surface area contributed by atoms with Crippen LogP contribution in [0.3, 0.4) is 0 Å². The zero-order valence-electron chi connectivity index (χ0n) is 19.0. The maximum atomic E-state index is 14.0. The fourth-order valence-electron chi connectivity index (χ4n) is 3.67. The minimum absolute atomic E-state index is 0.0997. The second kappa shape index (κ2) is 10.9. The van der Waals surface area contributed by atoms with Gasteiger partial charge in [-0.2, -0.15) is 0 Å². The van der Waals surface area contributed by atoms with Crippen molar-refractivity contribution in [2.45, 2.75) is 38.8 Å². The normalized spacial score (nSPS) is 12.9. The minimum Gasteiger partial charge on any atom is -0.485 e. The lowest BCUT2D eigenvalue weighted by Crippen LogP contribution is -2.53. The average Bonchev–Trinajstić information content (AvgIpc) is 3.11. The summed E-state index contributed by atoms with van der Waals surface area (Å²) in [6, 6.07) is 4.87. The lowest BCUT2D eigenvalue weighted by atomic mass is 9.96. The molecule has 0 aliphatic heterocycles. The molecule has 3 rings (SSSR count). The Morgan fingerprint density at radius 3 is 2.60 bits per heavy atom. The number of pyridine rings is 1. The summed E-state index contributed by atoms with van der Waals surface area (Å²) in [6.07, 6.45) is 0.408. The Balaban J connectivity index is 1.87. The Kier molecular flexibility index (Phi) is 8.11. The van der Waals surface area contributed by atoms with E-state index in [0.29, 0.717) is 5.69 Å². The molecule has 0 saturated heterocycles. The molecule has 8 nitrogen and oxygen atoms in total. The Morgan fingerprint density at radius 1 is 1.29 bits per heavy atom. The third-order valence-corrected chi connectivity index (χ3v) is 5.59. The van der Waals surface area contributed by atoms with E-state index < -0.39 is 42.5 Å². The first-order valence-electron chi connectivity index (χ1n) is 10.6. The van der Waals surface area contributed by atoms with Crippen LogP contribution >= 0.6 is 11.6 Å². The maximum absolute atomic E-state index is 14.0. The van der Waals surface area contributed by atoms with Gasteiger partial charge in [-0.15, -0.1) is 0 Å². The van der Waals surface area contributed by atoms with Crippen LogP contribution in [0.2, 0.25) is 5.02 Å². The number of carbonyl (C=O) groups excluding carboxylic acids is 1. The van der Waals surface area contributed by atoms with Gasteiger partial charge in [0, 0.05) is 18.8 Å². The second-order valence-corrected chi connectivity index (χ2v) is 8.65. The van der Waals surface area contributed by atoms with Crippen molar-refractivity contribution in [3.05, 3.63) is 64.1 Å². The predicted molar refractivity (Wildman–Crippen MR) is 123 cm³/mol. The van der Waals surface area contributed by atoms with Crippen molar-refractivity contribution in [1.82, 2.24) is 20.0 Å². The van der Waals surface area contributed by atoms with Gasteiger partial charge in [-0.25, -0.2) is 18.6 Å². The zero-order valence-corrected chi connectivity index (χ0v) is 19.8. The molecule has 0 radical (unpaired) electrons. The summed E-state index contributed by atoms with van der Waals surface area (Å²) in [7, 11) is 0. The summed E-state index contributed by atoms with van der Waals surface area (Å²) >= 11 is 6.20. The van der Waals surface area contributed by atoms with Crippen molar-refractivity contribution >= 4 is 29.2 Å². The molecule has 1 aromatic carbocycles. The molecule has 0 saturated carbocycles. The van der Waals surface area contributed by atoms with Crippen molar-refractivity contribution in [1.29, 1.82) is 0 Å². The Hall–Kier alpha value is -3.47. The molecule has 1 unspecified atom stereocenters. The number of carboxylic acid groups (broad SMARTS) is 1. The van der Waals surface area contributed by atoms with Crippen LogP contribution in [0.5, 0.6) is 5.75 Å². The lowest BCUT2D eigenvalue weighted by Gasteiger charge is -2.29. The molecule has 0 bridgehead atoms. The molecule has 2 heterocycles. The van der Waals surface area contributed by atoms with E-state index in [-0.39, 0.29) is 47.1 Å². The number of carbonyl (C=O) groups is 2. The van der Waals surface area contributed by atoms with Crippen LogP contribution in [-0.2, 0) is 6.61 Å². The van der Waals surface area contributed by atoms with Crippen molar-refractivity contribution in [2.75, 3.05) is 13.2 Å². The van der Waals surface area contributed by atoms with E-state index in [9.17, 15) is 22.8 Å². The number of benzene rings is 1. The van der Waals surface area contributed by atoms with Gasteiger partial charge in [0.05, 0.1) is 28.5 Å². The van der Waals surface area contributed by atoms with Gasteiger partial charge in [0.2, 0.25) is 0 Å². The minimum atomic E-state index is -1.30. The molecular weight excluding hydrogens is 489 g/mol. The number of hydrogen-bond acceptors (Lipinski definition) is 4. The molecule has 3 aromatic rings. The van der Waals surface area contributed by atoms with Gasteiger partial charge in [-0.1, -0.05) is 17.7 Å². The highest BCUT2D eigenvalue weighted by molar-refractivity contribution is 6.30. The SMILES string of the molecule is Cc1nc2c(OCc3c(F)cccc3F)cc(Cl)cn2c1C(=O)NCC(C)(CCCF)NC(=O)O. The predicted octanol–water partition coefficient (Wildman–Crippen LogP) is 4.66. The number of fused-ring (bicyclic) bond motifs is 1. The molecule has 35 heavy (non-hydrogen) atoms. The third kappa shape index (κ3) is 6.16. The molecule has 2 amide bonds. The van der Waals surface area contributed by atoms with E-state index in [2.05, 4.69) is 15.6 Å². The quantitative estimate of drug-likeness (QED) is 0.366. The number of rotatable bonds is 10. The summed E-state index contributed by atoms with van der Waals surface area (Å²) in [5, 5.41) is 14.2. The molecule has 0 spiro atoms. The van der Waals surface area contributed by atoms with Gasteiger partial charge in [-0.05, 0) is 38.8 Å². The van der Waals surface area contributed by atoms with Gasteiger partial charge < -0.3 is 20.5 Å². The van der Waals surface area contributed by atoms with Crippen LogP contribution in [0, 0.1) is 18.6 Å². The van der Waals surface area contributed by atoms with Gasteiger partial charge >= 0.3 is 6.09 Å². The molecule has 188 valence electrons. The van der Waals surface area contributed by atoms with Crippen molar-refractivity contribution in [3.63, 3.8) is 0 Å². The number of aromatic nitrogens is 2. The van der Waals surface area contributed by atoms with Crippen LogP contribution in [0.15, 0.2) is 30.5 Å². The Labute approximate surface area is 204 Å². The summed E-state index contributed by atoms with van der Waals surface area (Å²) in [5.74, 6) is -2.02. The fraction of sp³-hybridized carbons (Fsp3) is 0.348. The van der Waals surface area contributed by atoms with Crippen molar-refractivity contribution < 1.29 is 32.6 Å². The highest BCUT2D eigenvalue weighted by Crippen LogP contribution is 2.28. The first kappa shape index (κ1) is 26.1. The van der Waals surface area contributed by atoms with Gasteiger partial charge in [-0.3, -0.25) is 13.6 Å². The number of imidazole rings is 1. The molecular formula is C23H24ClF3N4O4. The monoisotopic (exact) mass is 512 g/mol. The zero-order chi connectivity index (χ0) is 25.8. The number of nitrogens with zero attached hydrogens (tertiary/aromatic N) is 2. The van der Waals surface area contributed by atoms with Crippen LogP contribution in [0.25, 0.3) is 5.65 Å². The lowest BCUT2D eigenvalue weighted by molar-refractivity contribution is 0.0929. The molecule has 1 atom stereocenters. The first-order chi connectivity index (χ1) is 16.5. The molecule has 0 aliphatic carbocycles. The number of nitrogens with one attached hydrogen (secondary N) is 2. The summed E-state index contributed by atoms with van der Waals surface area (Å²) in [5.41, 5.74) is -0.767. The smallest absolute Gasteiger partial charge is 0.405 e. The number of hydrogen-bond donors (Lipinski definition) is 3. The highest BCUT2D eigenvalue weighted by Gasteiger charge is 2.28. The number of amides is 2. The van der Waals surface area contributed by atoms with Crippen LogP contribution in [-0.4, -0.2) is 45.2 Å². The van der Waals surface area contributed by atoms with E-state index in [1.807, 2.05) is 0 Å². The van der Waals surface area contributed by atoms with Crippen molar-refractivity contribution in [2.24, 2.45) is 0 Å². The third-order valence-electron chi connectivity index (χ3n) is 5.39. The van der Waals surface area contributed by atoms with Crippen LogP contribution in [0.1, 0.15) is 41.5 Å². The van der Waals surface area contributed by atoms with Crippen LogP contribution < -0.4 is 15.4 Å². The van der Waals surface area contributed by atoms with Crippen molar-refractivity contribution in [3.8, 4) is 5.75 Å². The number of halogens is 4. The van der Waals surface area contributed by atoms with E-state index in [1.165, 1.54) is 22.7 Å². The first-order valence-corrected chi connectivity index (χ1v) is 11.0. The van der Waals surface area contributed by atoms with Gasteiger partial charge in [0.15, 0.2) is 11.4 Å². The van der Waals surface area contributed by atoms with Crippen LogP contribution in [0.4, 0.5) is 18.0 Å². The average molecular weight is 513 g/mol. The summed E-state index contributed by atoms with van der Waals surface area (Å²) < 4.78 is 47.6. The largest absolute Gasteiger partial charge is 0.485 e. The molecule has 2 aromatic heterocycles. The van der Waals surface area contributed by atoms with E-state index in [0.717, 1.165) is 12.1 Å². The van der Waals surface area contributed by atoms with E-state index in [4.69, 9.17) is 21.4 Å². The Bertz CT molecular complexity index is 1230. The summed E-state index contributed by atoms with van der Waals surface area (Å²) in [4.78, 5) is 28.5. The molecule has 3 N–H and O–H groups in total. The van der Waals surface area contributed by atoms with E-state index >= 15 is 0 Å². The Morgan fingerprint density at radius 2 is 1.97 bits per heavy atom. The fourth-order valence-corrected chi connectivity index (χ4v) is 3.86.